The monoisotopic (exact) mass is 260 g/mol. The van der Waals surface area contributed by atoms with Crippen LogP contribution in [-0.2, 0) is 0 Å². The second kappa shape index (κ2) is 5.57. The van der Waals surface area contributed by atoms with E-state index in [2.05, 4.69) is 71.5 Å². The molecule has 1 aromatic heterocycles. The molecule has 0 unspecified atom stereocenters. The molecule has 0 aliphatic carbocycles. The van der Waals surface area contributed by atoms with Crippen molar-refractivity contribution in [3.8, 4) is 11.1 Å². The predicted molar refractivity (Wildman–Crippen MR) is 84.2 cm³/mol. The summed E-state index contributed by atoms with van der Waals surface area (Å²) in [7, 11) is 2.06. The second-order valence-corrected chi connectivity index (χ2v) is 4.69. The Morgan fingerprint density at radius 2 is 1.50 bits per heavy atom. The van der Waals surface area contributed by atoms with E-state index in [-0.39, 0.29) is 0 Å². The molecular weight excluding hydrogens is 244 g/mol. The normalized spacial score (nSPS) is 10.2. The van der Waals surface area contributed by atoms with E-state index in [9.17, 15) is 0 Å². The van der Waals surface area contributed by atoms with Gasteiger partial charge >= 0.3 is 0 Å². The number of hydrogen-bond acceptors (Lipinski definition) is 2. The molecule has 20 heavy (non-hydrogen) atoms. The fourth-order valence-electron chi connectivity index (χ4n) is 2.23. The summed E-state index contributed by atoms with van der Waals surface area (Å²) in [6.07, 6.45) is 3.66. The Balaban J connectivity index is 1.96. The van der Waals surface area contributed by atoms with Crippen LogP contribution in [0, 0.1) is 0 Å². The van der Waals surface area contributed by atoms with Gasteiger partial charge in [-0.15, -0.1) is 0 Å². The highest BCUT2D eigenvalue weighted by Gasteiger charge is 2.05. The smallest absolute Gasteiger partial charge is 0.0594 e. The third kappa shape index (κ3) is 2.54. The third-order valence-electron chi connectivity index (χ3n) is 3.37. The molecule has 98 valence electrons. The van der Waals surface area contributed by atoms with Crippen LogP contribution in [-0.4, -0.2) is 12.0 Å². The minimum Gasteiger partial charge on any atom is -0.343 e. The van der Waals surface area contributed by atoms with Crippen molar-refractivity contribution in [1.82, 2.24) is 4.98 Å². The highest BCUT2D eigenvalue weighted by atomic mass is 15.1. The second-order valence-electron chi connectivity index (χ2n) is 4.69. The largest absolute Gasteiger partial charge is 0.343 e. The van der Waals surface area contributed by atoms with Crippen LogP contribution in [0.25, 0.3) is 11.1 Å². The molecule has 0 aliphatic heterocycles. The average Bonchev–Trinajstić information content (AvgIpc) is 2.56. The third-order valence-corrected chi connectivity index (χ3v) is 3.37. The lowest BCUT2D eigenvalue weighted by atomic mass is 10.0. The van der Waals surface area contributed by atoms with E-state index in [0.29, 0.717) is 0 Å². The van der Waals surface area contributed by atoms with Gasteiger partial charge in [0.05, 0.1) is 11.9 Å². The van der Waals surface area contributed by atoms with Gasteiger partial charge in [0.15, 0.2) is 0 Å². The van der Waals surface area contributed by atoms with E-state index in [1.807, 2.05) is 18.3 Å². The van der Waals surface area contributed by atoms with Crippen LogP contribution in [0.3, 0.4) is 0 Å². The molecule has 0 saturated heterocycles. The van der Waals surface area contributed by atoms with Crippen molar-refractivity contribution < 1.29 is 0 Å². The van der Waals surface area contributed by atoms with E-state index < -0.39 is 0 Å². The summed E-state index contributed by atoms with van der Waals surface area (Å²) in [5, 5.41) is 0. The first kappa shape index (κ1) is 12.4. The van der Waals surface area contributed by atoms with Crippen molar-refractivity contribution >= 4 is 11.4 Å². The van der Waals surface area contributed by atoms with Crippen LogP contribution in [0.15, 0.2) is 79.1 Å². The maximum atomic E-state index is 4.17. The first-order chi connectivity index (χ1) is 9.84. The summed E-state index contributed by atoms with van der Waals surface area (Å²) < 4.78 is 0. The molecule has 3 aromatic rings. The highest BCUT2D eigenvalue weighted by Crippen LogP contribution is 2.27. The Morgan fingerprint density at radius 3 is 2.25 bits per heavy atom. The Bertz CT molecular complexity index is 678. The van der Waals surface area contributed by atoms with Crippen LogP contribution in [0.2, 0.25) is 0 Å². The summed E-state index contributed by atoms with van der Waals surface area (Å²) in [5.74, 6) is 0. The minimum absolute atomic E-state index is 1.08. The van der Waals surface area contributed by atoms with Crippen molar-refractivity contribution in [2.75, 3.05) is 11.9 Å². The Kier molecular flexibility index (Phi) is 3.46. The number of pyridine rings is 1. The molecule has 0 atom stereocenters. The zero-order valence-electron chi connectivity index (χ0n) is 11.4. The Hall–Kier alpha value is -2.61. The van der Waals surface area contributed by atoms with Gasteiger partial charge in [0.2, 0.25) is 0 Å². The zero-order valence-corrected chi connectivity index (χ0v) is 11.4. The van der Waals surface area contributed by atoms with Gasteiger partial charge in [0.1, 0.15) is 0 Å². The fraction of sp³-hybridized carbons (Fsp3) is 0.0556. The number of benzene rings is 2. The molecular formula is C18H16N2. The van der Waals surface area contributed by atoms with Crippen molar-refractivity contribution in [3.05, 3.63) is 79.1 Å². The van der Waals surface area contributed by atoms with Gasteiger partial charge in [-0.2, -0.15) is 0 Å². The molecule has 0 radical (unpaired) electrons. The topological polar surface area (TPSA) is 16.1 Å². The van der Waals surface area contributed by atoms with Gasteiger partial charge in [0, 0.05) is 18.9 Å². The van der Waals surface area contributed by atoms with Crippen molar-refractivity contribution in [3.63, 3.8) is 0 Å². The van der Waals surface area contributed by atoms with Gasteiger partial charge in [-0.25, -0.2) is 0 Å². The van der Waals surface area contributed by atoms with Gasteiger partial charge in [-0.05, 0) is 35.4 Å². The molecule has 2 nitrogen and oxygen atoms in total. The van der Waals surface area contributed by atoms with Crippen molar-refractivity contribution in [2.45, 2.75) is 0 Å². The first-order valence-corrected chi connectivity index (χ1v) is 6.64. The number of aromatic nitrogens is 1. The Labute approximate surface area is 119 Å². The van der Waals surface area contributed by atoms with Gasteiger partial charge in [0.25, 0.3) is 0 Å². The molecule has 0 fully saturated rings. The lowest BCUT2D eigenvalue weighted by molar-refractivity contribution is 1.18. The quantitative estimate of drug-likeness (QED) is 0.688. The summed E-state index contributed by atoms with van der Waals surface area (Å²) >= 11 is 0. The average molecular weight is 260 g/mol. The maximum Gasteiger partial charge on any atom is 0.0594 e. The highest BCUT2D eigenvalue weighted by molar-refractivity contribution is 5.71. The van der Waals surface area contributed by atoms with Crippen molar-refractivity contribution in [1.29, 1.82) is 0 Å². The van der Waals surface area contributed by atoms with Crippen LogP contribution in [0.5, 0.6) is 0 Å². The standard InChI is InChI=1S/C18H16N2/c1-20(18-11-6-12-19-14-18)17-10-5-9-16(13-17)15-7-3-2-4-8-15/h2-14H,1H3. The molecule has 0 spiro atoms. The number of hydrogen-bond donors (Lipinski definition) is 0. The molecule has 0 saturated carbocycles. The lowest BCUT2D eigenvalue weighted by Gasteiger charge is -2.19. The predicted octanol–water partition coefficient (Wildman–Crippen LogP) is 4.52. The molecule has 2 aromatic carbocycles. The zero-order chi connectivity index (χ0) is 13.8. The molecule has 1 heterocycles. The van der Waals surface area contributed by atoms with E-state index in [0.717, 1.165) is 11.4 Å². The van der Waals surface area contributed by atoms with Gasteiger partial charge < -0.3 is 4.90 Å². The maximum absolute atomic E-state index is 4.17. The van der Waals surface area contributed by atoms with E-state index >= 15 is 0 Å². The molecule has 0 bridgehead atoms. The van der Waals surface area contributed by atoms with Crippen LogP contribution < -0.4 is 4.90 Å². The first-order valence-electron chi connectivity index (χ1n) is 6.64. The molecule has 0 aliphatic rings. The van der Waals surface area contributed by atoms with Crippen LogP contribution >= 0.6 is 0 Å². The Morgan fingerprint density at radius 1 is 0.750 bits per heavy atom. The summed E-state index contributed by atoms with van der Waals surface area (Å²) in [5.41, 5.74) is 4.69. The molecule has 2 heteroatoms. The van der Waals surface area contributed by atoms with Gasteiger partial charge in [-0.3, -0.25) is 4.98 Å². The van der Waals surface area contributed by atoms with Crippen molar-refractivity contribution in [2.24, 2.45) is 0 Å². The summed E-state index contributed by atoms with van der Waals surface area (Å²) in [6.45, 7) is 0. The van der Waals surface area contributed by atoms with E-state index in [1.54, 1.807) is 6.20 Å². The summed E-state index contributed by atoms with van der Waals surface area (Å²) in [4.78, 5) is 6.31. The SMILES string of the molecule is CN(c1cccnc1)c1cccc(-c2ccccc2)c1. The minimum atomic E-state index is 1.08. The van der Waals surface area contributed by atoms with E-state index in [4.69, 9.17) is 0 Å². The summed E-state index contributed by atoms with van der Waals surface area (Å²) in [6, 6.07) is 23.0. The molecule has 0 amide bonds. The van der Waals surface area contributed by atoms with E-state index in [1.165, 1.54) is 11.1 Å². The molecule has 3 rings (SSSR count). The number of nitrogens with zero attached hydrogens (tertiary/aromatic N) is 2. The number of rotatable bonds is 3. The van der Waals surface area contributed by atoms with Crippen LogP contribution in [0.4, 0.5) is 11.4 Å². The fourth-order valence-corrected chi connectivity index (χ4v) is 2.23. The van der Waals surface area contributed by atoms with Crippen LogP contribution in [0.1, 0.15) is 0 Å². The lowest BCUT2D eigenvalue weighted by Crippen LogP contribution is -2.09. The number of anilines is 2. The molecule has 0 N–H and O–H groups in total. The van der Waals surface area contributed by atoms with Gasteiger partial charge in [-0.1, -0.05) is 42.5 Å².